The fourth-order valence-electron chi connectivity index (χ4n) is 3.83. The smallest absolute Gasteiger partial charge is 0.252 e. The molecule has 164 valence electrons. The van der Waals surface area contributed by atoms with Crippen molar-refractivity contribution < 1.29 is 8.42 Å². The fourth-order valence-corrected chi connectivity index (χ4v) is 5.27. The van der Waals surface area contributed by atoms with Crippen LogP contribution in [-0.2, 0) is 23.0 Å². The van der Waals surface area contributed by atoms with Gasteiger partial charge in [-0.1, -0.05) is 54.6 Å². The second-order valence-corrected chi connectivity index (χ2v) is 9.98. The second-order valence-electron chi connectivity index (χ2n) is 8.04. The van der Waals surface area contributed by atoms with Crippen LogP contribution in [0.1, 0.15) is 22.3 Å². The number of H-pyrrole nitrogens is 1. The SMILES string of the molecule is Cc1ccc2cc(CN(CCc3ccccc3C)S(=O)(=O)c3ccccc3)c(=O)[nH]c2c1. The number of aryl methyl sites for hydroxylation is 2. The molecule has 0 radical (unpaired) electrons. The van der Waals surface area contributed by atoms with Gasteiger partial charge in [-0.05, 0) is 66.6 Å². The van der Waals surface area contributed by atoms with Gasteiger partial charge in [-0.25, -0.2) is 8.42 Å². The first-order chi connectivity index (χ1) is 15.3. The summed E-state index contributed by atoms with van der Waals surface area (Å²) < 4.78 is 28.4. The Bertz CT molecular complexity index is 1410. The number of benzene rings is 3. The topological polar surface area (TPSA) is 70.2 Å². The first kappa shape index (κ1) is 22.0. The quantitative estimate of drug-likeness (QED) is 0.452. The lowest BCUT2D eigenvalue weighted by molar-refractivity contribution is 0.408. The molecule has 1 N–H and O–H groups in total. The molecule has 0 saturated carbocycles. The third-order valence-corrected chi connectivity index (χ3v) is 7.56. The molecular formula is C26H26N2O3S. The molecule has 1 heterocycles. The molecule has 0 unspecified atom stereocenters. The Kier molecular flexibility index (Phi) is 6.26. The van der Waals surface area contributed by atoms with E-state index in [-0.39, 0.29) is 23.5 Å². The lowest BCUT2D eigenvalue weighted by atomic mass is 10.1. The maximum absolute atomic E-state index is 13.5. The van der Waals surface area contributed by atoms with Gasteiger partial charge < -0.3 is 4.98 Å². The van der Waals surface area contributed by atoms with Crippen LogP contribution in [0.5, 0.6) is 0 Å². The summed E-state index contributed by atoms with van der Waals surface area (Å²) in [5.41, 5.74) is 4.15. The molecule has 4 rings (SSSR count). The molecule has 0 saturated heterocycles. The Balaban J connectivity index is 1.71. The monoisotopic (exact) mass is 446 g/mol. The number of hydrogen-bond donors (Lipinski definition) is 1. The van der Waals surface area contributed by atoms with Gasteiger partial charge in [0.2, 0.25) is 10.0 Å². The number of fused-ring (bicyclic) bond motifs is 1. The van der Waals surface area contributed by atoms with E-state index in [9.17, 15) is 13.2 Å². The van der Waals surface area contributed by atoms with Crippen LogP contribution >= 0.6 is 0 Å². The number of pyridine rings is 1. The number of nitrogens with one attached hydrogen (secondary N) is 1. The zero-order valence-electron chi connectivity index (χ0n) is 18.2. The highest BCUT2D eigenvalue weighted by Crippen LogP contribution is 2.20. The number of nitrogens with zero attached hydrogens (tertiary/aromatic N) is 1. The summed E-state index contributed by atoms with van der Waals surface area (Å²) in [6.07, 6.45) is 0.559. The number of aromatic nitrogens is 1. The van der Waals surface area contributed by atoms with Crippen molar-refractivity contribution in [3.8, 4) is 0 Å². The van der Waals surface area contributed by atoms with Crippen LogP contribution in [0, 0.1) is 13.8 Å². The average molecular weight is 447 g/mol. The Morgan fingerprint density at radius 3 is 2.31 bits per heavy atom. The summed E-state index contributed by atoms with van der Waals surface area (Å²) >= 11 is 0. The van der Waals surface area contributed by atoms with Crippen molar-refractivity contribution in [1.29, 1.82) is 0 Å². The third-order valence-electron chi connectivity index (χ3n) is 5.70. The lowest BCUT2D eigenvalue weighted by Crippen LogP contribution is -2.34. The predicted octanol–water partition coefficient (Wildman–Crippen LogP) is 4.58. The van der Waals surface area contributed by atoms with Crippen LogP contribution in [0.25, 0.3) is 10.9 Å². The largest absolute Gasteiger partial charge is 0.322 e. The molecule has 5 nitrogen and oxygen atoms in total. The van der Waals surface area contributed by atoms with Crippen molar-refractivity contribution in [3.05, 3.63) is 111 Å². The fraction of sp³-hybridized carbons (Fsp3) is 0.192. The maximum atomic E-state index is 13.5. The van der Waals surface area contributed by atoms with Gasteiger partial charge in [0.1, 0.15) is 0 Å². The lowest BCUT2D eigenvalue weighted by Gasteiger charge is -2.23. The minimum atomic E-state index is -3.78. The van der Waals surface area contributed by atoms with E-state index in [0.717, 1.165) is 27.6 Å². The predicted molar refractivity (Wildman–Crippen MR) is 128 cm³/mol. The average Bonchev–Trinajstić information content (AvgIpc) is 2.78. The van der Waals surface area contributed by atoms with Gasteiger partial charge in [0.15, 0.2) is 0 Å². The molecule has 6 heteroatoms. The van der Waals surface area contributed by atoms with Crippen molar-refractivity contribution in [2.75, 3.05) is 6.54 Å². The molecule has 32 heavy (non-hydrogen) atoms. The zero-order chi connectivity index (χ0) is 22.7. The van der Waals surface area contributed by atoms with E-state index in [1.54, 1.807) is 36.4 Å². The van der Waals surface area contributed by atoms with Gasteiger partial charge in [0.05, 0.1) is 4.90 Å². The number of rotatable bonds is 7. The van der Waals surface area contributed by atoms with E-state index >= 15 is 0 Å². The van der Waals surface area contributed by atoms with Gasteiger partial charge in [-0.2, -0.15) is 4.31 Å². The zero-order valence-corrected chi connectivity index (χ0v) is 19.0. The van der Waals surface area contributed by atoms with Gasteiger partial charge in [0.25, 0.3) is 5.56 Å². The van der Waals surface area contributed by atoms with Crippen LogP contribution < -0.4 is 5.56 Å². The van der Waals surface area contributed by atoms with Crippen LogP contribution in [0.2, 0.25) is 0 Å². The minimum absolute atomic E-state index is 0.00224. The van der Waals surface area contributed by atoms with E-state index in [1.165, 1.54) is 4.31 Å². The van der Waals surface area contributed by atoms with E-state index in [1.807, 2.05) is 56.3 Å². The third kappa shape index (κ3) is 4.66. The van der Waals surface area contributed by atoms with E-state index in [0.29, 0.717) is 12.0 Å². The molecule has 0 bridgehead atoms. The van der Waals surface area contributed by atoms with Crippen LogP contribution in [-0.4, -0.2) is 24.3 Å². The Labute approximate surface area is 188 Å². The molecule has 0 aliphatic carbocycles. The summed E-state index contributed by atoms with van der Waals surface area (Å²) in [6.45, 7) is 4.25. The van der Waals surface area contributed by atoms with Gasteiger partial charge >= 0.3 is 0 Å². The molecule has 0 aliphatic rings. The second kappa shape index (κ2) is 9.10. The molecule has 4 aromatic rings. The first-order valence-electron chi connectivity index (χ1n) is 10.6. The molecular weight excluding hydrogens is 420 g/mol. The number of aromatic amines is 1. The highest BCUT2D eigenvalue weighted by atomic mass is 32.2. The molecule has 0 fully saturated rings. The summed E-state index contributed by atoms with van der Waals surface area (Å²) in [4.78, 5) is 15.9. The van der Waals surface area contributed by atoms with E-state index in [2.05, 4.69) is 4.98 Å². The van der Waals surface area contributed by atoms with Crippen LogP contribution in [0.4, 0.5) is 0 Å². The van der Waals surface area contributed by atoms with Crippen LogP contribution in [0.3, 0.4) is 0 Å². The number of sulfonamides is 1. The minimum Gasteiger partial charge on any atom is -0.322 e. The highest BCUT2D eigenvalue weighted by molar-refractivity contribution is 7.89. The standard InChI is InChI=1S/C26H26N2O3S/c1-19-12-13-22-17-23(26(29)27-25(22)16-19)18-28(15-14-21-9-7-6-8-20(21)2)32(30,31)24-10-4-3-5-11-24/h3-13,16-17H,14-15,18H2,1-2H3,(H,27,29). The highest BCUT2D eigenvalue weighted by Gasteiger charge is 2.25. The van der Waals surface area contributed by atoms with Gasteiger partial charge in [0, 0.05) is 24.2 Å². The number of hydrogen-bond acceptors (Lipinski definition) is 3. The molecule has 0 spiro atoms. The normalized spacial score (nSPS) is 11.8. The van der Waals surface area contributed by atoms with Crippen molar-refractivity contribution in [3.63, 3.8) is 0 Å². The van der Waals surface area contributed by atoms with E-state index < -0.39 is 10.0 Å². The molecule has 0 aliphatic heterocycles. The maximum Gasteiger partial charge on any atom is 0.252 e. The van der Waals surface area contributed by atoms with Crippen molar-refractivity contribution in [2.45, 2.75) is 31.7 Å². The van der Waals surface area contributed by atoms with Crippen molar-refractivity contribution in [1.82, 2.24) is 9.29 Å². The summed E-state index contributed by atoms with van der Waals surface area (Å²) in [5.74, 6) is 0. The van der Waals surface area contributed by atoms with E-state index in [4.69, 9.17) is 0 Å². The summed E-state index contributed by atoms with van der Waals surface area (Å²) in [5, 5.41) is 0.876. The van der Waals surface area contributed by atoms with Gasteiger partial charge in [-0.15, -0.1) is 0 Å². The first-order valence-corrected chi connectivity index (χ1v) is 12.0. The summed E-state index contributed by atoms with van der Waals surface area (Å²) in [6, 6.07) is 23.9. The molecule has 0 atom stereocenters. The van der Waals surface area contributed by atoms with Crippen molar-refractivity contribution in [2.24, 2.45) is 0 Å². The summed E-state index contributed by atoms with van der Waals surface area (Å²) in [7, 11) is -3.78. The Hall–Kier alpha value is -3.22. The van der Waals surface area contributed by atoms with Crippen LogP contribution in [0.15, 0.2) is 88.6 Å². The molecule has 3 aromatic carbocycles. The molecule has 1 aromatic heterocycles. The molecule has 0 amide bonds. The Morgan fingerprint density at radius 1 is 0.844 bits per heavy atom. The van der Waals surface area contributed by atoms with Crippen molar-refractivity contribution >= 4 is 20.9 Å². The Morgan fingerprint density at radius 2 is 1.56 bits per heavy atom. The van der Waals surface area contributed by atoms with Gasteiger partial charge in [-0.3, -0.25) is 4.79 Å².